The van der Waals surface area contributed by atoms with E-state index in [1.54, 1.807) is 0 Å². The molecule has 148 valence electrons. The normalized spacial score (nSPS) is 15.3. The van der Waals surface area contributed by atoms with E-state index in [-0.39, 0.29) is 11.8 Å². The Labute approximate surface area is 172 Å². The van der Waals surface area contributed by atoms with Crippen LogP contribution in [0, 0.1) is 19.8 Å². The van der Waals surface area contributed by atoms with Crippen LogP contribution < -0.4 is 10.2 Å². The minimum Gasteiger partial charge on any atom is -0.423 e. The molecular formula is C22H22N4O2S. The molecule has 0 aliphatic carbocycles. The number of hydrogen-bond donors (Lipinski definition) is 1. The largest absolute Gasteiger partial charge is 0.423 e. The van der Waals surface area contributed by atoms with Crippen LogP contribution in [0.5, 0.6) is 0 Å². The molecule has 0 atom stereocenters. The average Bonchev–Trinajstić information content (AvgIpc) is 3.32. The first-order valence-electron chi connectivity index (χ1n) is 9.86. The highest BCUT2D eigenvalue weighted by atomic mass is 32.1. The summed E-state index contributed by atoms with van der Waals surface area (Å²) in [6, 6.07) is 12.7. The van der Waals surface area contributed by atoms with Crippen molar-refractivity contribution in [1.82, 2.24) is 9.97 Å². The molecule has 1 fully saturated rings. The first-order valence-corrected chi connectivity index (χ1v) is 10.7. The fourth-order valence-electron chi connectivity index (χ4n) is 3.96. The second-order valence-electron chi connectivity index (χ2n) is 7.66. The second kappa shape index (κ2) is 7.15. The van der Waals surface area contributed by atoms with Gasteiger partial charge in [-0.15, -0.1) is 0 Å². The Morgan fingerprint density at radius 2 is 1.97 bits per heavy atom. The van der Waals surface area contributed by atoms with Crippen LogP contribution in [0.2, 0.25) is 0 Å². The van der Waals surface area contributed by atoms with Gasteiger partial charge in [0.15, 0.2) is 10.7 Å². The number of hydrogen-bond acceptors (Lipinski definition) is 6. The van der Waals surface area contributed by atoms with E-state index >= 15 is 0 Å². The topological polar surface area (TPSA) is 71.3 Å². The number of aryl methyl sites for hydroxylation is 2. The zero-order chi connectivity index (χ0) is 20.0. The quantitative estimate of drug-likeness (QED) is 0.523. The van der Waals surface area contributed by atoms with Crippen LogP contribution in [0.15, 0.2) is 40.8 Å². The molecule has 6 nitrogen and oxygen atoms in total. The van der Waals surface area contributed by atoms with Crippen molar-refractivity contribution < 1.29 is 9.21 Å². The Morgan fingerprint density at radius 3 is 2.76 bits per heavy atom. The summed E-state index contributed by atoms with van der Waals surface area (Å²) < 4.78 is 6.97. The van der Waals surface area contributed by atoms with Crippen molar-refractivity contribution in [3.05, 3.63) is 47.5 Å². The van der Waals surface area contributed by atoms with Gasteiger partial charge >= 0.3 is 0 Å². The third-order valence-electron chi connectivity index (χ3n) is 5.48. The van der Waals surface area contributed by atoms with E-state index in [4.69, 9.17) is 4.42 Å². The van der Waals surface area contributed by atoms with Gasteiger partial charge in [0.25, 0.3) is 6.01 Å². The summed E-state index contributed by atoms with van der Waals surface area (Å²) in [5, 5.41) is 3.72. The summed E-state index contributed by atoms with van der Waals surface area (Å²) in [6.45, 7) is 5.64. The van der Waals surface area contributed by atoms with Gasteiger partial charge in [-0.1, -0.05) is 29.5 Å². The number of fused-ring (bicyclic) bond motifs is 2. The van der Waals surface area contributed by atoms with Gasteiger partial charge in [0.1, 0.15) is 5.52 Å². The smallest absolute Gasteiger partial charge is 0.298 e. The lowest BCUT2D eigenvalue weighted by Crippen LogP contribution is -2.38. The minimum atomic E-state index is -0.0227. The number of rotatable bonds is 3. The molecule has 1 aliphatic heterocycles. The molecule has 2 aromatic carbocycles. The molecule has 0 saturated carbocycles. The van der Waals surface area contributed by atoms with Crippen LogP contribution in [-0.4, -0.2) is 29.0 Å². The average molecular weight is 407 g/mol. The number of nitrogens with zero attached hydrogens (tertiary/aromatic N) is 3. The number of para-hydroxylation sites is 2. The lowest BCUT2D eigenvalue weighted by Gasteiger charge is -2.29. The Hall–Kier alpha value is -2.93. The van der Waals surface area contributed by atoms with E-state index in [9.17, 15) is 4.79 Å². The molecule has 1 saturated heterocycles. The highest BCUT2D eigenvalue weighted by Gasteiger charge is 2.27. The number of anilines is 2. The highest BCUT2D eigenvalue weighted by molar-refractivity contribution is 7.22. The first kappa shape index (κ1) is 18.1. The molecule has 1 N–H and O–H groups in total. The molecule has 0 unspecified atom stereocenters. The maximum Gasteiger partial charge on any atom is 0.298 e. The molecule has 3 heterocycles. The molecule has 7 heteroatoms. The predicted molar refractivity (Wildman–Crippen MR) is 117 cm³/mol. The fourth-order valence-corrected chi connectivity index (χ4v) is 5.00. The lowest BCUT2D eigenvalue weighted by molar-refractivity contribution is -0.120. The number of amides is 1. The van der Waals surface area contributed by atoms with Crippen molar-refractivity contribution in [3.8, 4) is 0 Å². The summed E-state index contributed by atoms with van der Waals surface area (Å²) >= 11 is 1.54. The molecule has 2 aromatic heterocycles. The molecule has 0 bridgehead atoms. The summed E-state index contributed by atoms with van der Waals surface area (Å²) in [6.07, 6.45) is 1.54. The third-order valence-corrected chi connectivity index (χ3v) is 6.40. The SMILES string of the molecule is Cc1cc(C)c2nc(NC(=O)C3CCN(c4nc5ccccc5o4)CC3)sc2c1. The van der Waals surface area contributed by atoms with E-state index in [1.165, 1.54) is 16.9 Å². The summed E-state index contributed by atoms with van der Waals surface area (Å²) in [7, 11) is 0. The Kier molecular flexibility index (Phi) is 4.47. The Bertz CT molecular complexity index is 1170. The number of benzene rings is 2. The monoisotopic (exact) mass is 406 g/mol. The maximum atomic E-state index is 12.8. The molecule has 0 radical (unpaired) electrons. The van der Waals surface area contributed by atoms with Crippen molar-refractivity contribution in [3.63, 3.8) is 0 Å². The van der Waals surface area contributed by atoms with Gasteiger partial charge in [-0.3, -0.25) is 4.79 Å². The number of carbonyl (C=O) groups excluding carboxylic acids is 1. The van der Waals surface area contributed by atoms with Gasteiger partial charge in [-0.25, -0.2) is 4.98 Å². The number of oxazole rings is 1. The van der Waals surface area contributed by atoms with Gasteiger partial charge in [-0.05, 0) is 56.0 Å². The van der Waals surface area contributed by atoms with Gasteiger partial charge < -0.3 is 14.6 Å². The number of nitrogens with one attached hydrogen (secondary N) is 1. The van der Waals surface area contributed by atoms with Crippen LogP contribution in [0.3, 0.4) is 0 Å². The van der Waals surface area contributed by atoms with Gasteiger partial charge in [0.2, 0.25) is 5.91 Å². The second-order valence-corrected chi connectivity index (χ2v) is 8.69. The standard InChI is InChI=1S/C22H22N4O2S/c1-13-11-14(2)19-18(12-13)29-21(24-19)25-20(27)15-7-9-26(10-8-15)22-23-16-5-3-4-6-17(16)28-22/h3-6,11-12,15H,7-10H2,1-2H3,(H,24,25,27). The zero-order valence-electron chi connectivity index (χ0n) is 16.4. The van der Waals surface area contributed by atoms with E-state index < -0.39 is 0 Å². The Morgan fingerprint density at radius 1 is 1.17 bits per heavy atom. The summed E-state index contributed by atoms with van der Waals surface area (Å²) in [5.74, 6) is 0.0288. The van der Waals surface area contributed by atoms with Gasteiger partial charge in [0, 0.05) is 19.0 Å². The van der Waals surface area contributed by atoms with E-state index in [2.05, 4.69) is 46.2 Å². The minimum absolute atomic E-state index is 0.0227. The van der Waals surface area contributed by atoms with Crippen molar-refractivity contribution in [1.29, 1.82) is 0 Å². The van der Waals surface area contributed by atoms with E-state index in [0.29, 0.717) is 11.1 Å². The van der Waals surface area contributed by atoms with Crippen molar-refractivity contribution >= 4 is 49.7 Å². The zero-order valence-corrected chi connectivity index (χ0v) is 17.3. The van der Waals surface area contributed by atoms with Crippen LogP contribution >= 0.6 is 11.3 Å². The van der Waals surface area contributed by atoms with Crippen LogP contribution in [0.25, 0.3) is 21.3 Å². The van der Waals surface area contributed by atoms with Crippen molar-refractivity contribution in [2.45, 2.75) is 26.7 Å². The third kappa shape index (κ3) is 3.46. The van der Waals surface area contributed by atoms with E-state index in [0.717, 1.165) is 52.8 Å². The number of carbonyl (C=O) groups is 1. The van der Waals surface area contributed by atoms with Crippen molar-refractivity contribution in [2.24, 2.45) is 5.92 Å². The molecule has 0 spiro atoms. The van der Waals surface area contributed by atoms with Crippen LogP contribution in [0.1, 0.15) is 24.0 Å². The summed E-state index contributed by atoms with van der Waals surface area (Å²) in [4.78, 5) is 24.1. The molecule has 29 heavy (non-hydrogen) atoms. The molecule has 5 rings (SSSR count). The van der Waals surface area contributed by atoms with Gasteiger partial charge in [0.05, 0.1) is 10.2 Å². The summed E-state index contributed by atoms with van der Waals surface area (Å²) in [5.41, 5.74) is 4.99. The number of thiazole rings is 1. The molecule has 1 amide bonds. The molecule has 1 aliphatic rings. The highest BCUT2D eigenvalue weighted by Crippen LogP contribution is 2.31. The maximum absolute atomic E-state index is 12.8. The predicted octanol–water partition coefficient (Wildman–Crippen LogP) is 4.91. The van der Waals surface area contributed by atoms with Crippen molar-refractivity contribution in [2.75, 3.05) is 23.3 Å². The molecule has 4 aromatic rings. The van der Waals surface area contributed by atoms with Crippen LogP contribution in [0.4, 0.5) is 11.1 Å². The Balaban J connectivity index is 1.25. The van der Waals surface area contributed by atoms with E-state index in [1.807, 2.05) is 24.3 Å². The lowest BCUT2D eigenvalue weighted by atomic mass is 9.96. The number of aromatic nitrogens is 2. The fraction of sp³-hybridized carbons (Fsp3) is 0.318. The first-order chi connectivity index (χ1) is 14.1. The van der Waals surface area contributed by atoms with Gasteiger partial charge in [-0.2, -0.15) is 4.98 Å². The van der Waals surface area contributed by atoms with Crippen LogP contribution in [-0.2, 0) is 4.79 Å². The number of piperidine rings is 1. The molecular weight excluding hydrogens is 384 g/mol.